The van der Waals surface area contributed by atoms with Crippen molar-refractivity contribution < 1.29 is 14.3 Å². The molecule has 0 aliphatic rings. The van der Waals surface area contributed by atoms with Gasteiger partial charge in [-0.3, -0.25) is 4.79 Å². The van der Waals surface area contributed by atoms with Gasteiger partial charge in [0.2, 0.25) is 0 Å². The van der Waals surface area contributed by atoms with Crippen molar-refractivity contribution in [3.8, 4) is 5.75 Å². The molecule has 0 spiro atoms. The van der Waals surface area contributed by atoms with E-state index in [4.69, 9.17) is 9.47 Å². The molecule has 3 nitrogen and oxygen atoms in total. The lowest BCUT2D eigenvalue weighted by molar-refractivity contribution is -0.154. The molecule has 0 aliphatic carbocycles. The van der Waals surface area contributed by atoms with Crippen LogP contribution in [0.4, 0.5) is 0 Å². The van der Waals surface area contributed by atoms with Crippen molar-refractivity contribution in [1.29, 1.82) is 0 Å². The van der Waals surface area contributed by atoms with E-state index < -0.39 is 0 Å². The number of halogens is 1. The van der Waals surface area contributed by atoms with E-state index in [1.807, 2.05) is 52.0 Å². The highest BCUT2D eigenvalue weighted by Crippen LogP contribution is 2.20. The molecule has 0 radical (unpaired) electrons. The molecule has 0 N–H and O–H groups in total. The standard InChI is InChI=1S/C14H19BrO3/c1-9(2)17-14(16)10(3)11(4)18-13-7-5-12(15)6-8-13/h5-11H,1-4H3. The molecule has 2 unspecified atom stereocenters. The van der Waals surface area contributed by atoms with Gasteiger partial charge in [-0.1, -0.05) is 15.9 Å². The van der Waals surface area contributed by atoms with E-state index in [2.05, 4.69) is 15.9 Å². The van der Waals surface area contributed by atoms with Crippen molar-refractivity contribution in [2.24, 2.45) is 5.92 Å². The summed E-state index contributed by atoms with van der Waals surface area (Å²) in [6.45, 7) is 7.36. The minimum Gasteiger partial charge on any atom is -0.490 e. The van der Waals surface area contributed by atoms with Crippen LogP contribution in [0.2, 0.25) is 0 Å². The molecule has 0 saturated carbocycles. The number of carbonyl (C=O) groups is 1. The lowest BCUT2D eigenvalue weighted by Crippen LogP contribution is -2.31. The normalized spacial score (nSPS) is 14.1. The van der Waals surface area contributed by atoms with Crippen LogP contribution in [0.5, 0.6) is 5.75 Å². The van der Waals surface area contributed by atoms with E-state index in [0.717, 1.165) is 10.2 Å². The molecule has 1 aromatic rings. The highest BCUT2D eigenvalue weighted by Gasteiger charge is 2.24. The number of carbonyl (C=O) groups excluding carboxylic acids is 1. The first-order valence-corrected chi connectivity index (χ1v) is 6.82. The van der Waals surface area contributed by atoms with Crippen molar-refractivity contribution in [3.63, 3.8) is 0 Å². The molecule has 4 heteroatoms. The van der Waals surface area contributed by atoms with Gasteiger partial charge in [0.1, 0.15) is 11.9 Å². The monoisotopic (exact) mass is 314 g/mol. The van der Waals surface area contributed by atoms with Crippen LogP contribution in [0, 0.1) is 5.92 Å². The first-order chi connectivity index (χ1) is 8.40. The number of ether oxygens (including phenoxy) is 2. The zero-order chi connectivity index (χ0) is 13.7. The maximum absolute atomic E-state index is 11.7. The van der Waals surface area contributed by atoms with E-state index in [1.165, 1.54) is 0 Å². The fourth-order valence-electron chi connectivity index (χ4n) is 1.36. The van der Waals surface area contributed by atoms with Crippen LogP contribution in [0.1, 0.15) is 27.7 Å². The Morgan fingerprint density at radius 2 is 1.67 bits per heavy atom. The molecule has 100 valence electrons. The van der Waals surface area contributed by atoms with E-state index in [0.29, 0.717) is 0 Å². The molecular formula is C14H19BrO3. The minimum absolute atomic E-state index is 0.0974. The van der Waals surface area contributed by atoms with Gasteiger partial charge in [0.25, 0.3) is 0 Å². The molecule has 1 aromatic carbocycles. The molecule has 0 bridgehead atoms. The zero-order valence-corrected chi connectivity index (χ0v) is 12.7. The van der Waals surface area contributed by atoms with Gasteiger partial charge in [-0.2, -0.15) is 0 Å². The van der Waals surface area contributed by atoms with E-state index in [9.17, 15) is 4.79 Å². The predicted octanol–water partition coefficient (Wildman–Crippen LogP) is 3.80. The van der Waals surface area contributed by atoms with Crippen LogP contribution >= 0.6 is 15.9 Å². The second-order valence-corrected chi connectivity index (χ2v) is 5.47. The third-order valence-corrected chi connectivity index (χ3v) is 3.09. The molecule has 0 amide bonds. The summed E-state index contributed by atoms with van der Waals surface area (Å²) in [6, 6.07) is 7.53. The topological polar surface area (TPSA) is 35.5 Å². The van der Waals surface area contributed by atoms with Crippen molar-refractivity contribution in [3.05, 3.63) is 28.7 Å². The van der Waals surface area contributed by atoms with Crippen LogP contribution < -0.4 is 4.74 Å². The van der Waals surface area contributed by atoms with Crippen LogP contribution in [-0.2, 0) is 9.53 Å². The summed E-state index contributed by atoms with van der Waals surface area (Å²) in [5.74, 6) is 0.223. The second-order valence-electron chi connectivity index (χ2n) is 4.55. The number of hydrogen-bond acceptors (Lipinski definition) is 3. The molecule has 0 aromatic heterocycles. The van der Waals surface area contributed by atoms with Gasteiger partial charge in [-0.25, -0.2) is 0 Å². The number of benzene rings is 1. The van der Waals surface area contributed by atoms with E-state index >= 15 is 0 Å². The molecular weight excluding hydrogens is 296 g/mol. The van der Waals surface area contributed by atoms with Gasteiger partial charge >= 0.3 is 5.97 Å². The van der Waals surface area contributed by atoms with Crippen LogP contribution in [-0.4, -0.2) is 18.2 Å². The largest absolute Gasteiger partial charge is 0.490 e. The average molecular weight is 315 g/mol. The lowest BCUT2D eigenvalue weighted by Gasteiger charge is -2.21. The van der Waals surface area contributed by atoms with E-state index in [-0.39, 0.29) is 24.1 Å². The molecule has 2 atom stereocenters. The smallest absolute Gasteiger partial charge is 0.312 e. The Bertz CT molecular complexity index is 387. The molecule has 0 heterocycles. The highest BCUT2D eigenvalue weighted by molar-refractivity contribution is 9.10. The summed E-state index contributed by atoms with van der Waals surface area (Å²) in [5.41, 5.74) is 0. The summed E-state index contributed by atoms with van der Waals surface area (Å²) < 4.78 is 11.9. The van der Waals surface area contributed by atoms with Gasteiger partial charge < -0.3 is 9.47 Å². The first-order valence-electron chi connectivity index (χ1n) is 6.03. The van der Waals surface area contributed by atoms with Crippen LogP contribution in [0.25, 0.3) is 0 Å². The quantitative estimate of drug-likeness (QED) is 0.775. The third kappa shape index (κ3) is 4.69. The summed E-state index contributed by atoms with van der Waals surface area (Å²) in [6.07, 6.45) is -0.322. The summed E-state index contributed by atoms with van der Waals surface area (Å²) in [5, 5.41) is 0. The molecule has 0 fully saturated rings. The molecule has 0 aliphatic heterocycles. The van der Waals surface area contributed by atoms with Crippen LogP contribution in [0.3, 0.4) is 0 Å². The predicted molar refractivity (Wildman–Crippen MR) is 74.6 cm³/mol. The molecule has 1 rings (SSSR count). The van der Waals surface area contributed by atoms with Gasteiger partial charge in [-0.15, -0.1) is 0 Å². The number of hydrogen-bond donors (Lipinski definition) is 0. The Morgan fingerprint density at radius 1 is 1.11 bits per heavy atom. The van der Waals surface area contributed by atoms with Crippen molar-refractivity contribution in [2.75, 3.05) is 0 Å². The Balaban J connectivity index is 2.56. The minimum atomic E-state index is -0.295. The number of rotatable bonds is 5. The van der Waals surface area contributed by atoms with Gasteiger partial charge in [-0.05, 0) is 52.0 Å². The Labute approximate surface area is 117 Å². The fourth-order valence-corrected chi connectivity index (χ4v) is 1.63. The van der Waals surface area contributed by atoms with Gasteiger partial charge in [0.15, 0.2) is 0 Å². The van der Waals surface area contributed by atoms with Crippen molar-refractivity contribution in [1.82, 2.24) is 0 Å². The first kappa shape index (κ1) is 15.0. The Kier molecular flexibility index (Phi) is 5.66. The summed E-state index contributed by atoms with van der Waals surface area (Å²) in [7, 11) is 0. The zero-order valence-electron chi connectivity index (χ0n) is 11.1. The average Bonchev–Trinajstić information content (AvgIpc) is 2.30. The van der Waals surface area contributed by atoms with Crippen LogP contribution in [0.15, 0.2) is 28.7 Å². The third-order valence-electron chi connectivity index (χ3n) is 2.56. The highest BCUT2D eigenvalue weighted by atomic mass is 79.9. The molecule has 0 saturated heterocycles. The lowest BCUT2D eigenvalue weighted by atomic mass is 10.1. The SMILES string of the molecule is CC(C)OC(=O)C(C)C(C)Oc1ccc(Br)cc1. The molecule has 18 heavy (non-hydrogen) atoms. The summed E-state index contributed by atoms with van der Waals surface area (Å²) in [4.78, 5) is 11.7. The Morgan fingerprint density at radius 3 is 2.17 bits per heavy atom. The van der Waals surface area contributed by atoms with Gasteiger partial charge in [0.05, 0.1) is 12.0 Å². The van der Waals surface area contributed by atoms with Crippen molar-refractivity contribution >= 4 is 21.9 Å². The summed E-state index contributed by atoms with van der Waals surface area (Å²) >= 11 is 3.36. The maximum atomic E-state index is 11.7. The van der Waals surface area contributed by atoms with Crippen molar-refractivity contribution in [2.45, 2.75) is 39.9 Å². The van der Waals surface area contributed by atoms with E-state index in [1.54, 1.807) is 0 Å². The fraction of sp³-hybridized carbons (Fsp3) is 0.500. The number of esters is 1. The Hall–Kier alpha value is -1.03. The maximum Gasteiger partial charge on any atom is 0.312 e. The second kappa shape index (κ2) is 6.78. The van der Waals surface area contributed by atoms with Gasteiger partial charge in [0, 0.05) is 4.47 Å².